The third kappa shape index (κ3) is 8.00. The molecule has 0 fully saturated rings. The first-order chi connectivity index (χ1) is 10.4. The van der Waals surface area contributed by atoms with E-state index >= 15 is 0 Å². The number of benzene rings is 1. The molecular formula is C17H27ClN2O3. The molecule has 3 N–H and O–H groups in total. The van der Waals surface area contributed by atoms with Crippen molar-refractivity contribution in [1.29, 1.82) is 0 Å². The summed E-state index contributed by atoms with van der Waals surface area (Å²) in [5.41, 5.74) is 5.70. The molecule has 0 spiro atoms. The molecule has 23 heavy (non-hydrogen) atoms. The summed E-state index contributed by atoms with van der Waals surface area (Å²) in [5, 5.41) is 2.81. The second-order valence-electron chi connectivity index (χ2n) is 5.93. The minimum absolute atomic E-state index is 0. The summed E-state index contributed by atoms with van der Waals surface area (Å²) in [7, 11) is 0. The van der Waals surface area contributed by atoms with Crippen LogP contribution in [0.15, 0.2) is 24.3 Å². The number of carbonyl (C=O) groups is 2. The van der Waals surface area contributed by atoms with Crippen molar-refractivity contribution >= 4 is 24.1 Å². The average molecular weight is 343 g/mol. The molecule has 5 nitrogen and oxygen atoms in total. The Morgan fingerprint density at radius 2 is 1.78 bits per heavy atom. The fraction of sp³-hybridized carbons (Fsp3) is 0.529. The van der Waals surface area contributed by atoms with Gasteiger partial charge in [-0.15, -0.1) is 12.4 Å². The lowest BCUT2D eigenvalue weighted by Gasteiger charge is -2.24. The van der Waals surface area contributed by atoms with Crippen LogP contribution in [0.2, 0.25) is 0 Å². The monoisotopic (exact) mass is 342 g/mol. The van der Waals surface area contributed by atoms with Crippen LogP contribution in [0.1, 0.15) is 50.4 Å². The summed E-state index contributed by atoms with van der Waals surface area (Å²) in [4.78, 5) is 23.9. The van der Waals surface area contributed by atoms with Gasteiger partial charge >= 0.3 is 0 Å². The van der Waals surface area contributed by atoms with Crippen LogP contribution in [0, 0.1) is 0 Å². The van der Waals surface area contributed by atoms with Crippen molar-refractivity contribution < 1.29 is 14.3 Å². The molecule has 0 bridgehead atoms. The molecule has 1 amide bonds. The average Bonchev–Trinajstić information content (AvgIpc) is 2.50. The van der Waals surface area contributed by atoms with Gasteiger partial charge in [0.15, 0.2) is 5.78 Å². The maximum atomic E-state index is 12.1. The lowest BCUT2D eigenvalue weighted by Crippen LogP contribution is -2.48. The van der Waals surface area contributed by atoms with Gasteiger partial charge in [-0.3, -0.25) is 9.59 Å². The van der Waals surface area contributed by atoms with Crippen molar-refractivity contribution in [3.8, 4) is 5.75 Å². The predicted molar refractivity (Wildman–Crippen MR) is 94.3 cm³/mol. The van der Waals surface area contributed by atoms with Crippen LogP contribution < -0.4 is 15.8 Å². The molecule has 0 aliphatic heterocycles. The zero-order chi connectivity index (χ0) is 16.6. The number of hydrogen-bond donors (Lipinski definition) is 2. The summed E-state index contributed by atoms with van der Waals surface area (Å²) < 4.78 is 5.47. The summed E-state index contributed by atoms with van der Waals surface area (Å²) in [6.45, 7) is 6.74. The van der Waals surface area contributed by atoms with Gasteiger partial charge in [-0.2, -0.15) is 0 Å². The van der Waals surface area contributed by atoms with E-state index in [1.165, 1.54) is 0 Å². The molecule has 130 valence electrons. The Kier molecular flexibility index (Phi) is 9.53. The maximum absolute atomic E-state index is 12.1. The van der Waals surface area contributed by atoms with Crippen molar-refractivity contribution in [2.24, 2.45) is 5.73 Å². The fourth-order valence-electron chi connectivity index (χ4n) is 1.82. The second-order valence-corrected chi connectivity index (χ2v) is 5.93. The number of halogens is 1. The highest BCUT2D eigenvalue weighted by Gasteiger charge is 2.18. The van der Waals surface area contributed by atoms with Crippen LogP contribution >= 0.6 is 12.4 Å². The normalized spacial score (nSPS) is 10.6. The van der Waals surface area contributed by atoms with Crippen molar-refractivity contribution in [2.45, 2.75) is 45.6 Å². The van der Waals surface area contributed by atoms with E-state index in [2.05, 4.69) is 5.32 Å². The number of hydrogen-bond acceptors (Lipinski definition) is 4. The molecular weight excluding hydrogens is 316 g/mol. The first-order valence-corrected chi connectivity index (χ1v) is 7.65. The molecule has 0 aliphatic carbocycles. The highest BCUT2D eigenvalue weighted by molar-refractivity contribution is 5.98. The molecule has 0 radical (unpaired) electrons. The van der Waals surface area contributed by atoms with E-state index in [-0.39, 0.29) is 36.9 Å². The first-order valence-electron chi connectivity index (χ1n) is 7.65. The number of Topliss-reactive ketones (excluding diaryl/α,β-unsaturated/α-hetero) is 1. The quantitative estimate of drug-likeness (QED) is 0.676. The van der Waals surface area contributed by atoms with Gasteiger partial charge in [-0.1, -0.05) is 6.92 Å². The highest BCUT2D eigenvalue weighted by Crippen LogP contribution is 2.14. The van der Waals surface area contributed by atoms with Crippen molar-refractivity contribution in [3.63, 3.8) is 0 Å². The van der Waals surface area contributed by atoms with Crippen LogP contribution in [0.5, 0.6) is 5.75 Å². The number of carbonyl (C=O) groups excluding carboxylic acids is 2. The third-order valence-corrected chi connectivity index (χ3v) is 3.22. The standard InChI is InChI=1S/C17H26N2O3.ClH/c1-4-11-22-14-7-5-13(6-8-14)15(20)9-10-16(21)19-17(2,3)12-18;/h5-8H,4,9-12,18H2,1-3H3,(H,19,21);1H. The number of nitrogens with two attached hydrogens (primary N) is 1. The van der Waals surface area contributed by atoms with E-state index in [0.29, 0.717) is 18.7 Å². The van der Waals surface area contributed by atoms with Gasteiger partial charge in [0.1, 0.15) is 5.75 Å². The molecule has 1 aromatic rings. The predicted octanol–water partition coefficient (Wildman–Crippen LogP) is 2.71. The molecule has 1 rings (SSSR count). The van der Waals surface area contributed by atoms with Crippen molar-refractivity contribution in [3.05, 3.63) is 29.8 Å². The molecule has 1 aromatic carbocycles. The first kappa shape index (κ1) is 21.4. The minimum atomic E-state index is -0.446. The van der Waals surface area contributed by atoms with Gasteiger partial charge in [-0.05, 0) is 44.5 Å². The Labute approximate surface area is 144 Å². The van der Waals surface area contributed by atoms with Crippen LogP contribution in [0.3, 0.4) is 0 Å². The van der Waals surface area contributed by atoms with Crippen LogP contribution in [0.25, 0.3) is 0 Å². The lowest BCUT2D eigenvalue weighted by atomic mass is 10.0. The topological polar surface area (TPSA) is 81.4 Å². The van der Waals surface area contributed by atoms with Crippen LogP contribution in [-0.4, -0.2) is 30.4 Å². The number of ether oxygens (including phenoxy) is 1. The molecule has 0 saturated carbocycles. The molecule has 0 aromatic heterocycles. The zero-order valence-electron chi connectivity index (χ0n) is 14.1. The number of rotatable bonds is 9. The Hall–Kier alpha value is -1.59. The Balaban J connectivity index is 0.00000484. The van der Waals surface area contributed by atoms with Crippen molar-refractivity contribution in [2.75, 3.05) is 13.2 Å². The minimum Gasteiger partial charge on any atom is -0.494 e. The molecule has 0 saturated heterocycles. The van der Waals surface area contributed by atoms with E-state index in [4.69, 9.17) is 10.5 Å². The smallest absolute Gasteiger partial charge is 0.220 e. The maximum Gasteiger partial charge on any atom is 0.220 e. The van der Waals surface area contributed by atoms with E-state index in [1.54, 1.807) is 24.3 Å². The SMILES string of the molecule is CCCOc1ccc(C(=O)CCC(=O)NC(C)(C)CN)cc1.Cl. The van der Waals surface area contributed by atoms with Gasteiger partial charge in [0.25, 0.3) is 0 Å². The molecule has 0 atom stereocenters. The molecule has 6 heteroatoms. The van der Waals surface area contributed by atoms with Gasteiger partial charge in [0, 0.05) is 30.5 Å². The Morgan fingerprint density at radius 3 is 2.30 bits per heavy atom. The fourth-order valence-corrected chi connectivity index (χ4v) is 1.82. The largest absolute Gasteiger partial charge is 0.494 e. The van der Waals surface area contributed by atoms with E-state index in [1.807, 2.05) is 20.8 Å². The second kappa shape index (κ2) is 10.2. The van der Waals surface area contributed by atoms with E-state index in [9.17, 15) is 9.59 Å². The Morgan fingerprint density at radius 1 is 1.17 bits per heavy atom. The number of nitrogens with one attached hydrogen (secondary N) is 1. The van der Waals surface area contributed by atoms with E-state index < -0.39 is 5.54 Å². The zero-order valence-corrected chi connectivity index (χ0v) is 14.9. The van der Waals surface area contributed by atoms with Crippen LogP contribution in [-0.2, 0) is 4.79 Å². The third-order valence-electron chi connectivity index (χ3n) is 3.22. The lowest BCUT2D eigenvalue weighted by molar-refractivity contribution is -0.122. The summed E-state index contributed by atoms with van der Waals surface area (Å²) in [5.74, 6) is 0.537. The summed E-state index contributed by atoms with van der Waals surface area (Å²) in [6.07, 6.45) is 1.28. The molecule has 0 aliphatic rings. The summed E-state index contributed by atoms with van der Waals surface area (Å²) in [6, 6.07) is 7.02. The number of ketones is 1. The molecule has 0 heterocycles. The van der Waals surface area contributed by atoms with Gasteiger partial charge in [0.05, 0.1) is 6.61 Å². The Bertz CT molecular complexity index is 501. The van der Waals surface area contributed by atoms with E-state index in [0.717, 1.165) is 12.2 Å². The van der Waals surface area contributed by atoms with Crippen molar-refractivity contribution in [1.82, 2.24) is 5.32 Å². The van der Waals surface area contributed by atoms with Gasteiger partial charge in [-0.25, -0.2) is 0 Å². The summed E-state index contributed by atoms with van der Waals surface area (Å²) >= 11 is 0. The van der Waals surface area contributed by atoms with Gasteiger partial charge in [0.2, 0.25) is 5.91 Å². The van der Waals surface area contributed by atoms with Crippen LogP contribution in [0.4, 0.5) is 0 Å². The highest BCUT2D eigenvalue weighted by atomic mass is 35.5. The van der Waals surface area contributed by atoms with Gasteiger partial charge < -0.3 is 15.8 Å². The number of amides is 1. The molecule has 0 unspecified atom stereocenters.